The Labute approximate surface area is 228 Å². The molecule has 0 aliphatic heterocycles. The van der Waals surface area contributed by atoms with Crippen LogP contribution in [0.4, 0.5) is 0 Å². The summed E-state index contributed by atoms with van der Waals surface area (Å²) in [5, 5.41) is 0. The van der Waals surface area contributed by atoms with Gasteiger partial charge in [0.1, 0.15) is 0 Å². The van der Waals surface area contributed by atoms with E-state index in [1.807, 2.05) is 0 Å². The van der Waals surface area contributed by atoms with Gasteiger partial charge < -0.3 is 5.73 Å². The van der Waals surface area contributed by atoms with Crippen molar-refractivity contribution in [1.29, 1.82) is 0 Å². The second kappa shape index (κ2) is 30.7. The van der Waals surface area contributed by atoms with Crippen LogP contribution in [0, 0.1) is 5.92 Å². The summed E-state index contributed by atoms with van der Waals surface area (Å²) in [6, 6.07) is 0. The fourth-order valence-electron chi connectivity index (χ4n) is 5.60. The largest absolute Gasteiger partial charge is 0.369 e. The number of hydrogen-bond acceptors (Lipinski definition) is 1. The van der Waals surface area contributed by atoms with E-state index < -0.39 is 0 Å². The van der Waals surface area contributed by atoms with E-state index in [0.717, 1.165) is 12.8 Å². The van der Waals surface area contributed by atoms with Crippen molar-refractivity contribution in [1.82, 2.24) is 0 Å². The summed E-state index contributed by atoms with van der Waals surface area (Å²) in [6.07, 6.45) is 40.8. The maximum absolute atomic E-state index is 11.8. The van der Waals surface area contributed by atoms with Gasteiger partial charge in [-0.2, -0.15) is 0 Å². The van der Waals surface area contributed by atoms with E-state index in [1.54, 1.807) is 0 Å². The van der Waals surface area contributed by atoms with Gasteiger partial charge in [-0.25, -0.2) is 0 Å². The summed E-state index contributed by atoms with van der Waals surface area (Å²) in [5.74, 6) is 0.0676. The predicted molar refractivity (Wildman–Crippen MR) is 163 cm³/mol. The van der Waals surface area contributed by atoms with Crippen molar-refractivity contribution in [3.8, 4) is 0 Å². The van der Waals surface area contributed by atoms with Crippen LogP contribution in [0.25, 0.3) is 0 Å². The third-order valence-electron chi connectivity index (χ3n) is 8.21. The first kappa shape index (κ1) is 35.5. The lowest BCUT2D eigenvalue weighted by atomic mass is 9.93. The SMILES string of the molecule is CCCCCCCCCCCCCCCCCCCCC(CCCCCCCCCCCC)C(N)=O. The summed E-state index contributed by atoms with van der Waals surface area (Å²) >= 11 is 0. The molecule has 0 radical (unpaired) electrons. The molecule has 216 valence electrons. The highest BCUT2D eigenvalue weighted by molar-refractivity contribution is 5.76. The molecule has 0 aromatic carbocycles. The van der Waals surface area contributed by atoms with Gasteiger partial charge in [0.2, 0.25) is 5.91 Å². The Morgan fingerprint density at radius 2 is 0.583 bits per heavy atom. The number of rotatable bonds is 31. The van der Waals surface area contributed by atoms with Crippen LogP contribution in [-0.4, -0.2) is 5.91 Å². The van der Waals surface area contributed by atoms with Gasteiger partial charge in [-0.3, -0.25) is 4.79 Å². The fraction of sp³-hybridized carbons (Fsp3) is 0.971. The van der Waals surface area contributed by atoms with Crippen molar-refractivity contribution in [3.05, 3.63) is 0 Å². The smallest absolute Gasteiger partial charge is 0.220 e. The molecular formula is C34H69NO. The maximum Gasteiger partial charge on any atom is 0.220 e. The van der Waals surface area contributed by atoms with E-state index in [9.17, 15) is 4.79 Å². The van der Waals surface area contributed by atoms with Gasteiger partial charge in [-0.1, -0.05) is 194 Å². The normalized spacial score (nSPS) is 12.3. The van der Waals surface area contributed by atoms with Gasteiger partial charge in [0.05, 0.1) is 0 Å². The Hall–Kier alpha value is -0.530. The zero-order valence-electron chi connectivity index (χ0n) is 25.3. The quantitative estimate of drug-likeness (QED) is 0.0931. The molecule has 0 saturated heterocycles. The molecule has 0 rings (SSSR count). The minimum atomic E-state index is -0.0575. The van der Waals surface area contributed by atoms with E-state index in [0.29, 0.717) is 0 Å². The first-order valence-electron chi connectivity index (χ1n) is 17.0. The molecule has 36 heavy (non-hydrogen) atoms. The molecule has 1 amide bonds. The molecule has 0 spiro atoms. The average Bonchev–Trinajstić information content (AvgIpc) is 2.87. The number of primary amides is 1. The van der Waals surface area contributed by atoms with Gasteiger partial charge >= 0.3 is 0 Å². The van der Waals surface area contributed by atoms with Gasteiger partial charge in [0.25, 0.3) is 0 Å². The fourth-order valence-corrected chi connectivity index (χ4v) is 5.60. The van der Waals surface area contributed by atoms with E-state index in [4.69, 9.17) is 5.73 Å². The minimum absolute atomic E-state index is 0.0575. The van der Waals surface area contributed by atoms with Crippen molar-refractivity contribution in [2.45, 2.75) is 206 Å². The van der Waals surface area contributed by atoms with E-state index >= 15 is 0 Å². The van der Waals surface area contributed by atoms with Crippen LogP contribution in [0.1, 0.15) is 206 Å². The monoisotopic (exact) mass is 508 g/mol. The van der Waals surface area contributed by atoms with Crippen molar-refractivity contribution in [2.75, 3.05) is 0 Å². The van der Waals surface area contributed by atoms with Crippen LogP contribution >= 0.6 is 0 Å². The molecule has 0 aromatic heterocycles. The van der Waals surface area contributed by atoms with Crippen LogP contribution in [-0.2, 0) is 4.79 Å². The first-order chi connectivity index (χ1) is 17.7. The van der Waals surface area contributed by atoms with Crippen LogP contribution in [0.15, 0.2) is 0 Å². The third-order valence-corrected chi connectivity index (χ3v) is 8.21. The second-order valence-electron chi connectivity index (χ2n) is 11.9. The molecule has 2 N–H and O–H groups in total. The Morgan fingerprint density at radius 1 is 0.389 bits per heavy atom. The Bertz CT molecular complexity index is 421. The van der Waals surface area contributed by atoms with Crippen molar-refractivity contribution in [3.63, 3.8) is 0 Å². The number of carbonyl (C=O) groups is 1. The van der Waals surface area contributed by atoms with Crippen LogP contribution in [0.5, 0.6) is 0 Å². The summed E-state index contributed by atoms with van der Waals surface area (Å²) in [5.41, 5.74) is 5.69. The Kier molecular flexibility index (Phi) is 30.2. The lowest BCUT2D eigenvalue weighted by molar-refractivity contribution is -0.122. The number of nitrogens with two attached hydrogens (primary N) is 1. The van der Waals surface area contributed by atoms with E-state index in [1.165, 1.54) is 180 Å². The van der Waals surface area contributed by atoms with Gasteiger partial charge in [0.15, 0.2) is 0 Å². The number of carbonyl (C=O) groups excluding carboxylic acids is 1. The molecule has 1 atom stereocenters. The van der Waals surface area contributed by atoms with Crippen LogP contribution in [0.3, 0.4) is 0 Å². The molecule has 0 heterocycles. The van der Waals surface area contributed by atoms with Crippen LogP contribution in [0.2, 0.25) is 0 Å². The third kappa shape index (κ3) is 28.0. The number of hydrogen-bond donors (Lipinski definition) is 1. The topological polar surface area (TPSA) is 43.1 Å². The van der Waals surface area contributed by atoms with Gasteiger partial charge in [-0.15, -0.1) is 0 Å². The molecule has 0 saturated carbocycles. The van der Waals surface area contributed by atoms with Crippen LogP contribution < -0.4 is 5.73 Å². The summed E-state index contributed by atoms with van der Waals surface area (Å²) < 4.78 is 0. The zero-order chi connectivity index (χ0) is 26.4. The first-order valence-corrected chi connectivity index (χ1v) is 17.0. The molecule has 2 heteroatoms. The predicted octanol–water partition coefficient (Wildman–Crippen LogP) is 11.8. The molecule has 0 aliphatic rings. The lowest BCUT2D eigenvalue weighted by Crippen LogP contribution is -2.23. The lowest BCUT2D eigenvalue weighted by Gasteiger charge is -2.13. The molecular weight excluding hydrogens is 438 g/mol. The number of unbranched alkanes of at least 4 members (excludes halogenated alkanes) is 26. The molecule has 0 aliphatic carbocycles. The average molecular weight is 508 g/mol. The highest BCUT2D eigenvalue weighted by Gasteiger charge is 2.14. The molecule has 0 fully saturated rings. The van der Waals surface area contributed by atoms with Crippen molar-refractivity contribution >= 4 is 5.91 Å². The van der Waals surface area contributed by atoms with Gasteiger partial charge in [0, 0.05) is 5.92 Å². The Balaban J connectivity index is 3.36. The maximum atomic E-state index is 11.8. The highest BCUT2D eigenvalue weighted by Crippen LogP contribution is 2.20. The van der Waals surface area contributed by atoms with E-state index in [2.05, 4.69) is 13.8 Å². The summed E-state index contributed by atoms with van der Waals surface area (Å²) in [7, 11) is 0. The summed E-state index contributed by atoms with van der Waals surface area (Å²) in [6.45, 7) is 4.57. The molecule has 0 bridgehead atoms. The number of amides is 1. The summed E-state index contributed by atoms with van der Waals surface area (Å²) in [4.78, 5) is 11.8. The van der Waals surface area contributed by atoms with E-state index in [-0.39, 0.29) is 11.8 Å². The highest BCUT2D eigenvalue weighted by atomic mass is 16.1. The molecule has 1 unspecified atom stereocenters. The zero-order valence-corrected chi connectivity index (χ0v) is 25.3. The Morgan fingerprint density at radius 3 is 0.778 bits per heavy atom. The van der Waals surface area contributed by atoms with Crippen molar-refractivity contribution in [2.24, 2.45) is 11.7 Å². The molecule has 2 nitrogen and oxygen atoms in total. The van der Waals surface area contributed by atoms with Gasteiger partial charge in [-0.05, 0) is 12.8 Å². The second-order valence-corrected chi connectivity index (χ2v) is 11.9. The standard InChI is InChI=1S/C34H69NO/c1-3-5-7-9-11-13-15-16-17-18-19-20-21-22-24-26-28-30-32-33(34(35)36)31-29-27-25-23-14-12-10-8-6-4-2/h33H,3-32H2,1-2H3,(H2,35,36). The van der Waals surface area contributed by atoms with Crippen molar-refractivity contribution < 1.29 is 4.79 Å². The minimum Gasteiger partial charge on any atom is -0.369 e. The molecule has 0 aromatic rings.